The summed E-state index contributed by atoms with van der Waals surface area (Å²) in [6.45, 7) is 1.03. The second kappa shape index (κ2) is 8.69. The summed E-state index contributed by atoms with van der Waals surface area (Å²) in [5.41, 5.74) is 0. The average Bonchev–Trinajstić information content (AvgIpc) is 1.60. The van der Waals surface area contributed by atoms with Crippen molar-refractivity contribution >= 4 is 5.78 Å². The number of allylic oxidation sites excluding steroid dienone is 2. The fraction of sp³-hybridized carbons (Fsp3) is 0.286. The molecular formula is C7H12F3O2Y-. The molecule has 0 saturated heterocycles. The first-order valence-electron chi connectivity index (χ1n) is 2.34. The van der Waals surface area contributed by atoms with E-state index in [-0.39, 0.29) is 53.6 Å². The minimum atomic E-state index is -4.77. The molecule has 0 aromatic carbocycles. The van der Waals surface area contributed by atoms with Crippen LogP contribution in [0, 0.1) is 14.9 Å². The molecule has 0 fully saturated rings. The Morgan fingerprint density at radius 2 is 1.62 bits per heavy atom. The van der Waals surface area contributed by atoms with Gasteiger partial charge in [0, 0.05) is 32.7 Å². The smallest absolute Gasteiger partial charge is 0.509 e. The molecule has 0 aliphatic rings. The molecule has 77 valence electrons. The Labute approximate surface area is 101 Å². The van der Waals surface area contributed by atoms with Crippen molar-refractivity contribution in [2.24, 2.45) is 0 Å². The fourth-order valence-corrected chi connectivity index (χ4v) is 0.280. The van der Waals surface area contributed by atoms with Gasteiger partial charge >= 0.3 is 12.0 Å². The number of alkyl halides is 3. The zero-order valence-corrected chi connectivity index (χ0v) is 10.5. The largest absolute Gasteiger partial charge is 0.512 e. The van der Waals surface area contributed by atoms with E-state index < -0.39 is 17.7 Å². The molecule has 0 aromatic rings. The van der Waals surface area contributed by atoms with Gasteiger partial charge in [-0.3, -0.25) is 4.79 Å². The van der Waals surface area contributed by atoms with Crippen molar-refractivity contribution in [2.45, 2.75) is 13.1 Å². The van der Waals surface area contributed by atoms with Crippen LogP contribution in [0.15, 0.2) is 11.8 Å². The average molecular weight is 274 g/mol. The summed E-state index contributed by atoms with van der Waals surface area (Å²) in [5, 5.41) is 8.27. The molecule has 0 rings (SSSR count). The van der Waals surface area contributed by atoms with E-state index in [1.807, 2.05) is 0 Å². The fourth-order valence-electron chi connectivity index (χ4n) is 0.280. The molecule has 0 spiro atoms. The summed E-state index contributed by atoms with van der Waals surface area (Å²) in [5.74, 6) is -2.39. The molecular weight excluding hydrogens is 262 g/mol. The third-order valence-corrected chi connectivity index (χ3v) is 0.636. The maximum atomic E-state index is 11.4. The van der Waals surface area contributed by atoms with Gasteiger partial charge in [0.15, 0.2) is 0 Å². The Morgan fingerprint density at radius 3 is 1.69 bits per heavy atom. The monoisotopic (exact) mass is 274 g/mol. The predicted octanol–water partition coefficient (Wildman–Crippen LogP) is 2.45. The van der Waals surface area contributed by atoms with Gasteiger partial charge in [0.05, 0.1) is 11.8 Å². The standard InChI is InChI=1S/C5H5F3O2.2CH3.Y/c1-3(9)2-4(10)5(6,7)8;;;/h2,9H,1H3;2*1H3;/q;2*-1;/p+1. The summed E-state index contributed by atoms with van der Waals surface area (Å²) in [6, 6.07) is 0. The summed E-state index contributed by atoms with van der Waals surface area (Å²) in [4.78, 5) is 8.11. The number of aliphatic hydroxyl groups excluding tert-OH is 1. The van der Waals surface area contributed by atoms with E-state index in [9.17, 15) is 13.2 Å². The number of ketones is 1. The number of hydrogen-bond donors (Lipinski definition) is 1. The van der Waals surface area contributed by atoms with Gasteiger partial charge in [-0.2, -0.15) is 13.2 Å². The molecule has 0 atom stereocenters. The number of aliphatic hydroxyl groups is 1. The van der Waals surface area contributed by atoms with Crippen molar-refractivity contribution in [3.63, 3.8) is 0 Å². The first kappa shape index (κ1) is 23.2. The molecule has 0 aliphatic carbocycles. The van der Waals surface area contributed by atoms with Gasteiger partial charge in [-0.15, -0.1) is 0 Å². The van der Waals surface area contributed by atoms with E-state index in [2.05, 4.69) is 0 Å². The van der Waals surface area contributed by atoms with Crippen molar-refractivity contribution in [1.82, 2.24) is 0 Å². The van der Waals surface area contributed by atoms with Gasteiger partial charge in [-0.05, 0) is 6.92 Å². The summed E-state index contributed by atoms with van der Waals surface area (Å²) in [7, 11) is 0. The van der Waals surface area contributed by atoms with E-state index in [0.717, 1.165) is 6.92 Å². The van der Waals surface area contributed by atoms with Gasteiger partial charge in [0.2, 0.25) is 0 Å². The van der Waals surface area contributed by atoms with Crippen LogP contribution >= 0.6 is 0 Å². The third-order valence-electron chi connectivity index (χ3n) is 0.636. The minimum Gasteiger partial charge on any atom is -0.512 e. The molecule has 0 unspecified atom stereocenters. The quantitative estimate of drug-likeness (QED) is 0.339. The zero-order valence-electron chi connectivity index (χ0n) is 7.68. The SMILES string of the molecule is CC(O)=CC(=[OH+])C(F)(F)F.[CH3-].[CH3-].[Y]. The van der Waals surface area contributed by atoms with Crippen molar-refractivity contribution < 1.29 is 55.8 Å². The number of rotatable bonds is 1. The van der Waals surface area contributed by atoms with E-state index in [1.165, 1.54) is 0 Å². The summed E-state index contributed by atoms with van der Waals surface area (Å²) < 4.78 is 34.1. The number of hydrogen-bond acceptors (Lipinski definition) is 1. The molecule has 0 bridgehead atoms. The Hall–Kier alpha value is 0.104. The van der Waals surface area contributed by atoms with Gasteiger partial charge in [-0.1, -0.05) is 0 Å². The molecule has 2 nitrogen and oxygen atoms in total. The Morgan fingerprint density at radius 1 is 1.31 bits per heavy atom. The van der Waals surface area contributed by atoms with Crippen LogP contribution in [0.3, 0.4) is 0 Å². The van der Waals surface area contributed by atoms with Crippen LogP contribution in [0.25, 0.3) is 0 Å². The molecule has 0 aliphatic heterocycles. The van der Waals surface area contributed by atoms with Gasteiger partial charge in [0.25, 0.3) is 0 Å². The van der Waals surface area contributed by atoms with Gasteiger partial charge in [-0.25, -0.2) is 0 Å². The molecule has 13 heavy (non-hydrogen) atoms. The third kappa shape index (κ3) is 12.1. The van der Waals surface area contributed by atoms with Crippen LogP contribution in [0.2, 0.25) is 0 Å². The molecule has 0 amide bonds. The van der Waals surface area contributed by atoms with Crippen LogP contribution in [0.4, 0.5) is 13.2 Å². The molecule has 1 radical (unpaired) electrons. The first-order chi connectivity index (χ1) is 4.34. The van der Waals surface area contributed by atoms with Crippen LogP contribution < -0.4 is 0 Å². The van der Waals surface area contributed by atoms with E-state index >= 15 is 0 Å². The Kier molecular flexibility index (Phi) is 15.5. The summed E-state index contributed by atoms with van der Waals surface area (Å²) >= 11 is 0. The molecule has 0 saturated carbocycles. The van der Waals surface area contributed by atoms with Crippen LogP contribution in [-0.2, 0) is 32.7 Å². The predicted molar refractivity (Wildman–Crippen MR) is 42.2 cm³/mol. The number of halogens is 3. The van der Waals surface area contributed by atoms with Crippen LogP contribution in [-0.4, -0.2) is 21.9 Å². The van der Waals surface area contributed by atoms with Crippen molar-refractivity contribution in [2.75, 3.05) is 0 Å². The molecule has 2 N–H and O–H groups in total. The van der Waals surface area contributed by atoms with Crippen molar-refractivity contribution in [3.05, 3.63) is 26.7 Å². The molecule has 0 heterocycles. The second-order valence-electron chi connectivity index (χ2n) is 1.67. The van der Waals surface area contributed by atoms with Crippen LogP contribution in [0.5, 0.6) is 0 Å². The maximum Gasteiger partial charge on any atom is 0.509 e. The zero-order chi connectivity index (χ0) is 8.36. The molecule has 0 aromatic heterocycles. The Balaban J connectivity index is -0.000000135. The minimum absolute atomic E-state index is 0. The molecule has 6 heteroatoms. The topological polar surface area (TPSA) is 41.6 Å². The van der Waals surface area contributed by atoms with Gasteiger partial charge in [0.1, 0.15) is 0 Å². The second-order valence-corrected chi connectivity index (χ2v) is 1.67. The van der Waals surface area contributed by atoms with E-state index in [1.54, 1.807) is 0 Å². The Bertz CT molecular complexity index is 171. The van der Waals surface area contributed by atoms with Crippen LogP contribution in [0.1, 0.15) is 6.92 Å². The summed E-state index contributed by atoms with van der Waals surface area (Å²) in [6.07, 6.45) is -4.54. The van der Waals surface area contributed by atoms with Crippen molar-refractivity contribution in [1.29, 1.82) is 0 Å². The van der Waals surface area contributed by atoms with Crippen molar-refractivity contribution in [3.8, 4) is 0 Å². The van der Waals surface area contributed by atoms with E-state index in [4.69, 9.17) is 9.90 Å². The number of carbonyl (C=O) groups excluding carboxylic acids is 1. The van der Waals surface area contributed by atoms with E-state index in [0.29, 0.717) is 0 Å². The van der Waals surface area contributed by atoms with Gasteiger partial charge < -0.3 is 20.0 Å². The normalized spacial score (nSPS) is 10.3. The first-order valence-corrected chi connectivity index (χ1v) is 2.34. The maximum absolute atomic E-state index is 11.4.